The van der Waals surface area contributed by atoms with Gasteiger partial charge in [-0.15, -0.1) is 11.3 Å². The van der Waals surface area contributed by atoms with Gasteiger partial charge in [0.15, 0.2) is 11.4 Å². The van der Waals surface area contributed by atoms with Gasteiger partial charge in [-0.05, 0) is 57.1 Å². The summed E-state index contributed by atoms with van der Waals surface area (Å²) in [6, 6.07) is 7.63. The Morgan fingerprint density at radius 3 is 2.38 bits per heavy atom. The maximum Gasteiger partial charge on any atom is 0.425 e. The van der Waals surface area contributed by atoms with E-state index in [2.05, 4.69) is 4.98 Å². The molecule has 1 N–H and O–H groups in total. The number of hydrogen-bond donors (Lipinski definition) is 1. The molecule has 50 heavy (non-hydrogen) atoms. The van der Waals surface area contributed by atoms with Crippen LogP contribution in [0.3, 0.4) is 0 Å². The molecule has 0 bridgehead atoms. The van der Waals surface area contributed by atoms with E-state index in [1.165, 1.54) is 12.0 Å². The van der Waals surface area contributed by atoms with Crippen molar-refractivity contribution in [2.24, 2.45) is 5.92 Å². The van der Waals surface area contributed by atoms with E-state index < -0.39 is 63.2 Å². The van der Waals surface area contributed by atoms with E-state index >= 15 is 0 Å². The van der Waals surface area contributed by atoms with Gasteiger partial charge in [-0.3, -0.25) is 19.4 Å². The van der Waals surface area contributed by atoms with Crippen molar-refractivity contribution >= 4 is 29.0 Å². The number of alkyl halides is 5. The number of ether oxygens (including phenoxy) is 2. The molecule has 14 heteroatoms. The lowest BCUT2D eigenvalue weighted by atomic mass is 9.63. The zero-order valence-electron chi connectivity index (χ0n) is 27.9. The van der Waals surface area contributed by atoms with E-state index in [-0.39, 0.29) is 62.8 Å². The smallest absolute Gasteiger partial charge is 0.425 e. The van der Waals surface area contributed by atoms with Crippen molar-refractivity contribution in [1.29, 1.82) is 0 Å². The summed E-state index contributed by atoms with van der Waals surface area (Å²) in [4.78, 5) is 46.3. The Morgan fingerprint density at radius 2 is 1.78 bits per heavy atom. The minimum atomic E-state index is -4.66. The van der Waals surface area contributed by atoms with Crippen molar-refractivity contribution in [1.82, 2.24) is 9.88 Å². The molecular formula is C36H39F5N2O6S. The van der Waals surface area contributed by atoms with Crippen molar-refractivity contribution in [2.75, 3.05) is 13.7 Å². The summed E-state index contributed by atoms with van der Waals surface area (Å²) in [7, 11) is 1.44. The monoisotopic (exact) mass is 722 g/mol. The number of amides is 1. The number of carboxylic acid groups (broad SMARTS) is 1. The average Bonchev–Trinajstić information content (AvgIpc) is 3.57. The number of hydrogen-bond acceptors (Lipinski definition) is 7. The number of methoxy groups -OCH3 is 1. The number of likely N-dealkylation sites (tertiary alicyclic amines) is 1. The molecule has 0 unspecified atom stereocenters. The number of aromatic nitrogens is 1. The van der Waals surface area contributed by atoms with Crippen LogP contribution < -0.4 is 9.47 Å². The van der Waals surface area contributed by atoms with Crippen molar-refractivity contribution < 1.29 is 50.9 Å². The normalized spacial score (nSPS) is 24.4. The summed E-state index contributed by atoms with van der Waals surface area (Å²) in [5, 5.41) is 11.6. The summed E-state index contributed by atoms with van der Waals surface area (Å²) >= 11 is 0.408. The van der Waals surface area contributed by atoms with Crippen LogP contribution in [0.5, 0.6) is 11.5 Å². The number of benzene rings is 1. The number of carbonyl (C=O) groups is 3. The van der Waals surface area contributed by atoms with Gasteiger partial charge in [0, 0.05) is 54.4 Å². The third kappa shape index (κ3) is 6.95. The van der Waals surface area contributed by atoms with E-state index in [1.54, 1.807) is 24.3 Å². The third-order valence-corrected chi connectivity index (χ3v) is 11.0. The maximum absolute atomic E-state index is 15.0. The minimum Gasteiger partial charge on any atom is -0.496 e. The molecule has 1 saturated heterocycles. The number of carbonyl (C=O) groups excluding carboxylic acids is 2. The molecule has 2 atom stereocenters. The van der Waals surface area contributed by atoms with Gasteiger partial charge in [-0.2, -0.15) is 13.2 Å². The van der Waals surface area contributed by atoms with Crippen molar-refractivity contribution in [3.8, 4) is 11.5 Å². The lowest BCUT2D eigenvalue weighted by Gasteiger charge is -2.50. The molecule has 3 heterocycles. The van der Waals surface area contributed by atoms with Crippen molar-refractivity contribution in [2.45, 2.75) is 94.4 Å². The third-order valence-electron chi connectivity index (χ3n) is 10.0. The number of rotatable bonds is 11. The van der Waals surface area contributed by atoms with Gasteiger partial charge in [0.25, 0.3) is 11.8 Å². The molecular weight excluding hydrogens is 683 g/mol. The highest BCUT2D eigenvalue weighted by Crippen LogP contribution is 2.49. The second-order valence-electron chi connectivity index (χ2n) is 13.1. The first-order valence-corrected chi connectivity index (χ1v) is 17.4. The number of pyridine rings is 1. The Balaban J connectivity index is 1.56. The summed E-state index contributed by atoms with van der Waals surface area (Å²) in [6.45, 7) is 2.56. The molecule has 2 aromatic heterocycles. The summed E-state index contributed by atoms with van der Waals surface area (Å²) in [5.41, 5.74) is -3.62. The summed E-state index contributed by atoms with van der Waals surface area (Å²) in [5.74, 6) is -6.28. The van der Waals surface area contributed by atoms with E-state index in [4.69, 9.17) is 9.47 Å². The van der Waals surface area contributed by atoms with Gasteiger partial charge in [0.1, 0.15) is 16.4 Å². The number of aliphatic carboxylic acids is 1. The molecule has 0 spiro atoms. The van der Waals surface area contributed by atoms with E-state index in [0.29, 0.717) is 36.0 Å². The highest BCUT2D eigenvalue weighted by Gasteiger charge is 2.57. The SMILES string of the molecule is CCC[C@H]1N(C(=O)c2cnccc2C(C)(F)F)CCC[C@@]1(Oc1csc(C(F)(F)F)c1)C(=O)C1CCC(C(=O)O)(c2ccccc2OC)CC1. The molecule has 1 saturated carbocycles. The molecule has 1 aromatic carbocycles. The fraction of sp³-hybridized carbons (Fsp3) is 0.500. The Hall–Kier alpha value is -4.07. The van der Waals surface area contributed by atoms with E-state index in [0.717, 1.165) is 29.9 Å². The molecule has 2 fully saturated rings. The standard InChI is InChI=1S/C36H39F5N2O6S/c1-4-8-28-35(49-23-19-29(50-21-23)36(39,40)41,14-7-18-43(28)31(45)24-20-42-17-13-25(24)33(2,37)38)30(44)22-11-15-34(16-12-22,32(46)47)26-9-5-6-10-27(26)48-3/h5-6,9-10,13,17,19-22,28H,4,7-8,11-12,14-16,18H2,1-3H3,(H,46,47)/t22?,28-,34?,35+/m1/s1. The van der Waals surface area contributed by atoms with E-state index in [9.17, 15) is 41.4 Å². The van der Waals surface area contributed by atoms with Gasteiger partial charge in [-0.25, -0.2) is 8.78 Å². The predicted molar refractivity (Wildman–Crippen MR) is 175 cm³/mol. The molecule has 8 nitrogen and oxygen atoms in total. The van der Waals surface area contributed by atoms with Crippen LogP contribution in [-0.2, 0) is 27.1 Å². The maximum atomic E-state index is 15.0. The molecule has 0 radical (unpaired) electrons. The number of para-hydroxylation sites is 1. The van der Waals surface area contributed by atoms with Gasteiger partial charge < -0.3 is 19.5 Å². The Kier molecular flexibility index (Phi) is 10.6. The number of halogens is 5. The molecule has 3 aromatic rings. The Bertz CT molecular complexity index is 1710. The van der Waals surface area contributed by atoms with Gasteiger partial charge >= 0.3 is 12.1 Å². The van der Waals surface area contributed by atoms with Crippen LogP contribution in [0.2, 0.25) is 0 Å². The molecule has 5 rings (SSSR count). The van der Waals surface area contributed by atoms with Gasteiger partial charge in [-0.1, -0.05) is 31.5 Å². The summed E-state index contributed by atoms with van der Waals surface area (Å²) < 4.78 is 82.2. The quantitative estimate of drug-likeness (QED) is 0.199. The predicted octanol–water partition coefficient (Wildman–Crippen LogP) is 8.29. The number of Topliss-reactive ketones (excluding diaryl/α,β-unsaturated/α-hetero) is 1. The first-order chi connectivity index (χ1) is 23.6. The number of thiophene rings is 1. The van der Waals surface area contributed by atoms with Crippen LogP contribution >= 0.6 is 11.3 Å². The van der Waals surface area contributed by atoms with Gasteiger partial charge in [0.05, 0.1) is 24.1 Å². The zero-order chi connectivity index (χ0) is 36.5. The Morgan fingerprint density at radius 1 is 1.08 bits per heavy atom. The van der Waals surface area contributed by atoms with E-state index in [1.807, 2.05) is 6.92 Å². The van der Waals surface area contributed by atoms with Crippen LogP contribution in [0, 0.1) is 5.92 Å². The number of carboxylic acids is 1. The van der Waals surface area contributed by atoms with Crippen molar-refractivity contribution in [3.05, 3.63) is 75.7 Å². The van der Waals surface area contributed by atoms with Crippen molar-refractivity contribution in [3.63, 3.8) is 0 Å². The van der Waals surface area contributed by atoms with Crippen LogP contribution in [0.4, 0.5) is 22.0 Å². The van der Waals surface area contributed by atoms with Crippen LogP contribution in [0.25, 0.3) is 0 Å². The lowest BCUT2D eigenvalue weighted by Crippen LogP contribution is -2.66. The molecule has 1 aliphatic heterocycles. The van der Waals surface area contributed by atoms with Crippen LogP contribution in [-0.4, -0.2) is 57.9 Å². The molecule has 1 amide bonds. The topological polar surface area (TPSA) is 106 Å². The first kappa shape index (κ1) is 37.2. The lowest BCUT2D eigenvalue weighted by molar-refractivity contribution is -0.154. The minimum absolute atomic E-state index is 0.0500. The fourth-order valence-electron chi connectivity index (χ4n) is 7.64. The first-order valence-electron chi connectivity index (χ1n) is 16.5. The fourth-order valence-corrected chi connectivity index (χ4v) is 8.32. The number of piperidine rings is 1. The number of nitrogens with zero attached hydrogens (tertiary/aromatic N) is 2. The highest BCUT2D eigenvalue weighted by molar-refractivity contribution is 7.10. The summed E-state index contributed by atoms with van der Waals surface area (Å²) in [6.07, 6.45) is -1.24. The molecule has 270 valence electrons. The zero-order valence-corrected chi connectivity index (χ0v) is 28.7. The van der Waals surface area contributed by atoms with Crippen LogP contribution in [0.15, 0.2) is 54.2 Å². The second-order valence-corrected chi connectivity index (χ2v) is 14.0. The number of ketones is 1. The molecule has 2 aliphatic rings. The second kappa shape index (κ2) is 14.3. The largest absolute Gasteiger partial charge is 0.496 e. The van der Waals surface area contributed by atoms with Crippen LogP contribution in [0.1, 0.15) is 91.6 Å². The Labute approximate surface area is 290 Å². The molecule has 1 aliphatic carbocycles. The highest BCUT2D eigenvalue weighted by atomic mass is 32.1. The average molecular weight is 723 g/mol. The van der Waals surface area contributed by atoms with Gasteiger partial charge in [0.2, 0.25) is 0 Å².